The lowest BCUT2D eigenvalue weighted by atomic mass is 10.3. The van der Waals surface area contributed by atoms with Crippen LogP contribution in [0, 0.1) is 7.14 Å². The van der Waals surface area contributed by atoms with Crippen molar-refractivity contribution < 1.29 is 0 Å². The molecule has 6 nitrogen and oxygen atoms in total. The lowest BCUT2D eigenvalue weighted by molar-refractivity contribution is 0.729. The maximum Gasteiger partial charge on any atom is 0.186 e. The molecule has 2 aliphatic carbocycles. The van der Waals surface area contributed by atoms with Crippen LogP contribution in [0.15, 0.2) is 10.2 Å². The molecule has 22 heavy (non-hydrogen) atoms. The average Bonchev–Trinajstić information content (AvgIpc) is 3.38. The molecule has 0 atom stereocenters. The lowest BCUT2D eigenvalue weighted by Crippen LogP contribution is -1.91. The maximum absolute atomic E-state index is 4.60. The van der Waals surface area contributed by atoms with E-state index in [1.807, 2.05) is 23.5 Å². The quantitative estimate of drug-likeness (QED) is 0.438. The van der Waals surface area contributed by atoms with E-state index in [0.717, 1.165) is 18.8 Å². The first kappa shape index (κ1) is 15.0. The van der Waals surface area contributed by atoms with Crippen LogP contribution in [-0.2, 0) is 14.1 Å². The number of rotatable bonds is 4. The van der Waals surface area contributed by atoms with Crippen LogP contribution < -0.4 is 0 Å². The van der Waals surface area contributed by atoms with Gasteiger partial charge in [-0.2, -0.15) is 10.2 Å². The summed E-state index contributed by atoms with van der Waals surface area (Å²) in [4.78, 5) is 0. The van der Waals surface area contributed by atoms with Crippen LogP contribution in [0.2, 0.25) is 0 Å². The topological polar surface area (TPSA) is 60.4 Å². The number of aryl methyl sites for hydroxylation is 2. The zero-order valence-electron chi connectivity index (χ0n) is 12.4. The van der Waals surface area contributed by atoms with Crippen LogP contribution >= 0.6 is 45.2 Å². The van der Waals surface area contributed by atoms with Gasteiger partial charge in [0.2, 0.25) is 0 Å². The van der Waals surface area contributed by atoms with Gasteiger partial charge < -0.3 is 0 Å². The van der Waals surface area contributed by atoms with Crippen molar-refractivity contribution in [3.63, 3.8) is 0 Å². The van der Waals surface area contributed by atoms with Crippen molar-refractivity contribution in [2.45, 2.75) is 37.5 Å². The maximum atomic E-state index is 4.60. The van der Waals surface area contributed by atoms with Crippen molar-refractivity contribution in [1.82, 2.24) is 19.6 Å². The van der Waals surface area contributed by atoms with Crippen LogP contribution in [0.5, 0.6) is 0 Å². The second-order valence-corrected chi connectivity index (χ2v) is 8.20. The van der Waals surface area contributed by atoms with Crippen LogP contribution in [-0.4, -0.2) is 19.6 Å². The van der Waals surface area contributed by atoms with Crippen molar-refractivity contribution in [3.05, 3.63) is 18.5 Å². The molecule has 0 unspecified atom stereocenters. The second-order valence-electron chi connectivity index (χ2n) is 6.04. The van der Waals surface area contributed by atoms with Gasteiger partial charge in [0, 0.05) is 25.9 Å². The SMILES string of the molecule is Cn1nc(C2CC2)c(I)c1/N=N/c1c(I)c(C2CC2)nn1C. The summed E-state index contributed by atoms with van der Waals surface area (Å²) in [6, 6.07) is 0. The third kappa shape index (κ3) is 2.61. The van der Waals surface area contributed by atoms with Crippen LogP contribution in [0.4, 0.5) is 11.6 Å². The first-order chi connectivity index (χ1) is 10.6. The number of hydrogen-bond donors (Lipinski definition) is 0. The summed E-state index contributed by atoms with van der Waals surface area (Å²) in [6.45, 7) is 0. The van der Waals surface area contributed by atoms with E-state index in [4.69, 9.17) is 0 Å². The Kier molecular flexibility index (Phi) is 3.78. The molecule has 0 N–H and O–H groups in total. The third-order valence-electron chi connectivity index (χ3n) is 4.14. The molecule has 8 heteroatoms. The molecule has 4 rings (SSSR count). The molecule has 0 spiro atoms. The van der Waals surface area contributed by atoms with Gasteiger partial charge >= 0.3 is 0 Å². The molecule has 0 saturated heterocycles. The van der Waals surface area contributed by atoms with E-state index < -0.39 is 0 Å². The van der Waals surface area contributed by atoms with E-state index in [0.29, 0.717) is 11.8 Å². The fraction of sp³-hybridized carbons (Fsp3) is 0.571. The summed E-state index contributed by atoms with van der Waals surface area (Å²) in [5.74, 6) is 2.93. The molecule has 2 heterocycles. The Balaban J connectivity index is 1.67. The Bertz CT molecular complexity index is 703. The molecule has 0 aliphatic heterocycles. The third-order valence-corrected chi connectivity index (χ3v) is 6.21. The predicted octanol–water partition coefficient (Wildman–Crippen LogP) is 4.53. The summed E-state index contributed by atoms with van der Waals surface area (Å²) in [6.07, 6.45) is 4.98. The minimum Gasteiger partial charge on any atom is -0.248 e. The standard InChI is InChI=1S/C14H16I2N6/c1-21-13(9(15)11(19-21)7-3-4-7)17-18-14-10(16)12(8-5-6-8)20-22(14)2/h7-8H,3-6H2,1-2H3/b18-17+. The summed E-state index contributed by atoms with van der Waals surface area (Å²) in [7, 11) is 3.87. The molecule has 2 aromatic rings. The molecule has 2 aliphatic rings. The van der Waals surface area contributed by atoms with Crippen LogP contribution in [0.25, 0.3) is 0 Å². The first-order valence-corrected chi connectivity index (χ1v) is 9.58. The minimum absolute atomic E-state index is 0.625. The fourth-order valence-electron chi connectivity index (χ4n) is 2.57. The molecular weight excluding hydrogens is 506 g/mol. The van der Waals surface area contributed by atoms with Gasteiger partial charge in [-0.05, 0) is 70.9 Å². The fourth-order valence-corrected chi connectivity index (χ4v) is 4.58. The highest BCUT2D eigenvalue weighted by Gasteiger charge is 2.32. The van der Waals surface area contributed by atoms with Gasteiger partial charge in [0.25, 0.3) is 0 Å². The number of hydrogen-bond acceptors (Lipinski definition) is 4. The smallest absolute Gasteiger partial charge is 0.186 e. The minimum atomic E-state index is 0.625. The zero-order valence-corrected chi connectivity index (χ0v) is 16.7. The number of azo groups is 1. The number of nitrogens with zero attached hydrogens (tertiary/aromatic N) is 6. The van der Waals surface area contributed by atoms with Gasteiger partial charge in [-0.15, -0.1) is 10.2 Å². The molecular formula is C14H16I2N6. The van der Waals surface area contributed by atoms with Gasteiger partial charge in [-0.3, -0.25) is 0 Å². The Morgan fingerprint density at radius 2 is 1.18 bits per heavy atom. The molecule has 0 amide bonds. The van der Waals surface area contributed by atoms with E-state index in [9.17, 15) is 0 Å². The van der Waals surface area contributed by atoms with Crippen LogP contribution in [0.3, 0.4) is 0 Å². The normalized spacial score (nSPS) is 18.5. The highest BCUT2D eigenvalue weighted by atomic mass is 127. The van der Waals surface area contributed by atoms with E-state index in [1.54, 1.807) is 0 Å². The molecule has 0 bridgehead atoms. The summed E-state index contributed by atoms with van der Waals surface area (Å²) >= 11 is 4.68. The van der Waals surface area contributed by atoms with Gasteiger partial charge in [-0.1, -0.05) is 0 Å². The van der Waals surface area contributed by atoms with E-state index in [-0.39, 0.29) is 0 Å². The van der Waals surface area contributed by atoms with E-state index >= 15 is 0 Å². The van der Waals surface area contributed by atoms with Crippen LogP contribution in [0.1, 0.15) is 48.9 Å². The predicted molar refractivity (Wildman–Crippen MR) is 100.0 cm³/mol. The average molecular weight is 522 g/mol. The zero-order chi connectivity index (χ0) is 15.4. The molecule has 0 radical (unpaired) electrons. The monoisotopic (exact) mass is 522 g/mol. The Morgan fingerprint density at radius 3 is 1.50 bits per heavy atom. The Morgan fingerprint density at radius 1 is 0.818 bits per heavy atom. The largest absolute Gasteiger partial charge is 0.248 e. The van der Waals surface area contributed by atoms with Gasteiger partial charge in [0.1, 0.15) is 0 Å². The Labute approximate surface area is 156 Å². The highest BCUT2D eigenvalue weighted by Crippen LogP contribution is 2.45. The van der Waals surface area contributed by atoms with Crippen molar-refractivity contribution in [1.29, 1.82) is 0 Å². The highest BCUT2D eigenvalue weighted by molar-refractivity contribution is 14.1. The summed E-state index contributed by atoms with van der Waals surface area (Å²) < 4.78 is 5.94. The molecule has 116 valence electrons. The van der Waals surface area contributed by atoms with Crippen molar-refractivity contribution >= 4 is 56.8 Å². The van der Waals surface area contributed by atoms with Crippen molar-refractivity contribution in [2.75, 3.05) is 0 Å². The van der Waals surface area contributed by atoms with Gasteiger partial charge in [0.05, 0.1) is 18.5 Å². The summed E-state index contributed by atoms with van der Waals surface area (Å²) in [5.41, 5.74) is 2.35. The Hall–Kier alpha value is -0.520. The molecule has 2 saturated carbocycles. The second kappa shape index (κ2) is 5.53. The summed E-state index contributed by atoms with van der Waals surface area (Å²) in [5, 5.41) is 18.2. The van der Waals surface area contributed by atoms with Crippen molar-refractivity contribution in [2.24, 2.45) is 24.3 Å². The first-order valence-electron chi connectivity index (χ1n) is 7.42. The van der Waals surface area contributed by atoms with E-state index in [2.05, 4.69) is 65.6 Å². The van der Waals surface area contributed by atoms with Gasteiger partial charge in [-0.25, -0.2) is 9.36 Å². The number of aromatic nitrogens is 4. The lowest BCUT2D eigenvalue weighted by Gasteiger charge is -1.96. The van der Waals surface area contributed by atoms with Crippen molar-refractivity contribution in [3.8, 4) is 0 Å². The molecule has 2 fully saturated rings. The molecule has 2 aromatic heterocycles. The molecule has 0 aromatic carbocycles. The van der Waals surface area contributed by atoms with E-state index in [1.165, 1.54) is 37.1 Å². The van der Waals surface area contributed by atoms with Gasteiger partial charge in [0.15, 0.2) is 11.6 Å². The number of halogens is 2.